The van der Waals surface area contributed by atoms with Crippen molar-refractivity contribution in [2.45, 2.75) is 37.3 Å². The van der Waals surface area contributed by atoms with Crippen LogP contribution in [0.15, 0.2) is 84.9 Å². The standard InChI is InChI=1S/C32H27N3O4/c1-19-8-15-26-25(17-19)32(31(37)33-26)29(30(36)23-10-9-20-5-2-3-6-22(20)18-23)28(27-7-4-16-34(27)32)21-11-13-24(14-12-21)35(38)39/h2-3,5-6,8-15,17-18,27-29H,4,7,16H2,1H3,(H,33,37)/t27?,28?,29?,32-/m1/s1. The van der Waals surface area contributed by atoms with Gasteiger partial charge in [-0.05, 0) is 54.8 Å². The first-order chi connectivity index (χ1) is 18.9. The highest BCUT2D eigenvalue weighted by Crippen LogP contribution is 2.61. The summed E-state index contributed by atoms with van der Waals surface area (Å²) in [5.41, 5.74) is 2.89. The van der Waals surface area contributed by atoms with Crippen molar-refractivity contribution in [2.24, 2.45) is 5.92 Å². The summed E-state index contributed by atoms with van der Waals surface area (Å²) < 4.78 is 0. The number of amides is 1. The summed E-state index contributed by atoms with van der Waals surface area (Å²) in [5.74, 6) is -1.25. The fourth-order valence-electron chi connectivity index (χ4n) is 7.39. The summed E-state index contributed by atoms with van der Waals surface area (Å²) in [6.45, 7) is 2.71. The van der Waals surface area contributed by atoms with E-state index in [-0.39, 0.29) is 29.3 Å². The molecule has 0 radical (unpaired) electrons. The molecule has 194 valence electrons. The van der Waals surface area contributed by atoms with Crippen LogP contribution in [-0.2, 0) is 10.3 Å². The SMILES string of the molecule is Cc1ccc2c(c1)[C@]1(C(=O)N2)C(C(=O)c2ccc3ccccc3c2)C(c2ccc([N+](=O)[O-])cc2)C2CCCN21. The van der Waals surface area contributed by atoms with Gasteiger partial charge in [0.2, 0.25) is 5.91 Å². The third kappa shape index (κ3) is 3.32. The van der Waals surface area contributed by atoms with Gasteiger partial charge >= 0.3 is 0 Å². The summed E-state index contributed by atoms with van der Waals surface area (Å²) in [7, 11) is 0. The molecule has 3 aliphatic heterocycles. The van der Waals surface area contributed by atoms with Gasteiger partial charge in [0.15, 0.2) is 5.78 Å². The number of fused-ring (bicyclic) bond motifs is 5. The zero-order chi connectivity index (χ0) is 26.9. The molecule has 0 saturated carbocycles. The molecule has 4 atom stereocenters. The van der Waals surface area contributed by atoms with Crippen LogP contribution in [0.25, 0.3) is 10.8 Å². The molecule has 7 nitrogen and oxygen atoms in total. The van der Waals surface area contributed by atoms with Gasteiger partial charge in [-0.2, -0.15) is 0 Å². The average molecular weight is 518 g/mol. The molecule has 39 heavy (non-hydrogen) atoms. The maximum atomic E-state index is 14.8. The van der Waals surface area contributed by atoms with Crippen LogP contribution >= 0.6 is 0 Å². The number of non-ortho nitro benzene ring substituents is 1. The van der Waals surface area contributed by atoms with Crippen LogP contribution in [0.1, 0.15) is 45.8 Å². The van der Waals surface area contributed by atoms with E-state index in [4.69, 9.17) is 0 Å². The minimum atomic E-state index is -1.16. The number of Topliss-reactive ketones (excluding diaryl/α,β-unsaturated/α-hetero) is 1. The minimum Gasteiger partial charge on any atom is -0.324 e. The van der Waals surface area contributed by atoms with E-state index in [1.165, 1.54) is 12.1 Å². The van der Waals surface area contributed by atoms with Gasteiger partial charge in [-0.25, -0.2) is 0 Å². The second-order valence-corrected chi connectivity index (χ2v) is 11.0. The molecule has 4 aromatic rings. The third-order valence-electron chi connectivity index (χ3n) is 8.96. The van der Waals surface area contributed by atoms with Crippen molar-refractivity contribution in [2.75, 3.05) is 11.9 Å². The first-order valence-corrected chi connectivity index (χ1v) is 13.4. The number of nitrogens with zero attached hydrogens (tertiary/aromatic N) is 2. The van der Waals surface area contributed by atoms with E-state index >= 15 is 0 Å². The molecule has 1 spiro atoms. The lowest BCUT2D eigenvalue weighted by Crippen LogP contribution is -2.52. The number of aryl methyl sites for hydroxylation is 1. The van der Waals surface area contributed by atoms with E-state index in [0.717, 1.165) is 46.0 Å². The number of nitro groups is 1. The van der Waals surface area contributed by atoms with Gasteiger partial charge in [0, 0.05) is 40.9 Å². The van der Waals surface area contributed by atoms with Gasteiger partial charge in [-0.15, -0.1) is 0 Å². The summed E-state index contributed by atoms with van der Waals surface area (Å²) in [5, 5.41) is 16.5. The molecule has 0 bridgehead atoms. The Morgan fingerprint density at radius 2 is 1.77 bits per heavy atom. The number of nitro benzene ring substituents is 1. The molecule has 7 heteroatoms. The highest BCUT2D eigenvalue weighted by molar-refractivity contribution is 6.13. The number of hydrogen-bond donors (Lipinski definition) is 1. The molecule has 3 aliphatic rings. The van der Waals surface area contributed by atoms with Crippen molar-refractivity contribution in [1.29, 1.82) is 0 Å². The predicted octanol–water partition coefficient (Wildman–Crippen LogP) is 5.96. The number of ketones is 1. The second kappa shape index (κ2) is 8.58. The number of carbonyl (C=O) groups excluding carboxylic acids is 2. The normalized spacial score (nSPS) is 25.6. The lowest BCUT2D eigenvalue weighted by molar-refractivity contribution is -0.384. The predicted molar refractivity (Wildman–Crippen MR) is 149 cm³/mol. The fourth-order valence-corrected chi connectivity index (χ4v) is 7.39. The van der Waals surface area contributed by atoms with Crippen LogP contribution in [-0.4, -0.2) is 34.1 Å². The Hall–Kier alpha value is -4.36. The fraction of sp³-hybridized carbons (Fsp3) is 0.250. The molecule has 3 unspecified atom stereocenters. The molecule has 0 aliphatic carbocycles. The minimum absolute atomic E-state index is 0.00623. The number of carbonyl (C=O) groups is 2. The Kier molecular flexibility index (Phi) is 5.22. The summed E-state index contributed by atoms with van der Waals surface area (Å²) >= 11 is 0. The smallest absolute Gasteiger partial charge is 0.269 e. The first-order valence-electron chi connectivity index (χ1n) is 13.4. The lowest BCUT2D eigenvalue weighted by atomic mass is 9.68. The maximum absolute atomic E-state index is 14.8. The Labute approximate surface area is 225 Å². The van der Waals surface area contributed by atoms with Crippen molar-refractivity contribution in [3.63, 3.8) is 0 Å². The van der Waals surface area contributed by atoms with Crippen molar-refractivity contribution in [1.82, 2.24) is 4.90 Å². The van der Waals surface area contributed by atoms with Crippen LogP contribution in [0, 0.1) is 23.0 Å². The second-order valence-electron chi connectivity index (χ2n) is 11.0. The molecule has 7 rings (SSSR count). The Balaban J connectivity index is 1.47. The average Bonchev–Trinajstić information content (AvgIpc) is 3.61. The molecule has 4 aromatic carbocycles. The van der Waals surface area contributed by atoms with Crippen LogP contribution in [0.2, 0.25) is 0 Å². The third-order valence-corrected chi connectivity index (χ3v) is 8.96. The number of hydrogen-bond acceptors (Lipinski definition) is 5. The molecule has 2 fully saturated rings. The zero-order valence-electron chi connectivity index (χ0n) is 21.5. The summed E-state index contributed by atoms with van der Waals surface area (Å²) in [4.78, 5) is 42.2. The van der Waals surface area contributed by atoms with Gasteiger partial charge in [0.1, 0.15) is 5.54 Å². The van der Waals surface area contributed by atoms with Gasteiger partial charge in [0.25, 0.3) is 5.69 Å². The summed E-state index contributed by atoms with van der Waals surface area (Å²) in [6, 6.07) is 26.1. The van der Waals surface area contributed by atoms with Crippen LogP contribution in [0.5, 0.6) is 0 Å². The number of benzene rings is 4. The van der Waals surface area contributed by atoms with Crippen molar-refractivity contribution in [3.05, 3.63) is 117 Å². The van der Waals surface area contributed by atoms with E-state index < -0.39 is 16.4 Å². The Bertz CT molecular complexity index is 1680. The van der Waals surface area contributed by atoms with Crippen LogP contribution in [0.3, 0.4) is 0 Å². The summed E-state index contributed by atoms with van der Waals surface area (Å²) in [6.07, 6.45) is 1.76. The zero-order valence-corrected chi connectivity index (χ0v) is 21.5. The molecule has 3 heterocycles. The molecular weight excluding hydrogens is 490 g/mol. The Morgan fingerprint density at radius 3 is 2.54 bits per heavy atom. The molecular formula is C32H27N3O4. The largest absolute Gasteiger partial charge is 0.324 e. The molecule has 2 saturated heterocycles. The molecule has 1 N–H and O–H groups in total. The maximum Gasteiger partial charge on any atom is 0.269 e. The van der Waals surface area contributed by atoms with Crippen molar-refractivity contribution >= 4 is 33.8 Å². The van der Waals surface area contributed by atoms with Gasteiger partial charge in [0.05, 0.1) is 10.8 Å². The van der Waals surface area contributed by atoms with E-state index in [1.54, 1.807) is 12.1 Å². The van der Waals surface area contributed by atoms with Gasteiger partial charge in [-0.1, -0.05) is 66.2 Å². The van der Waals surface area contributed by atoms with E-state index in [9.17, 15) is 19.7 Å². The van der Waals surface area contributed by atoms with E-state index in [0.29, 0.717) is 12.1 Å². The van der Waals surface area contributed by atoms with Crippen LogP contribution in [0.4, 0.5) is 11.4 Å². The van der Waals surface area contributed by atoms with Gasteiger partial charge < -0.3 is 5.32 Å². The monoisotopic (exact) mass is 517 g/mol. The number of anilines is 1. The van der Waals surface area contributed by atoms with E-state index in [2.05, 4.69) is 10.2 Å². The number of nitrogens with one attached hydrogen (secondary N) is 1. The quantitative estimate of drug-likeness (QED) is 0.205. The topological polar surface area (TPSA) is 92.5 Å². The number of rotatable bonds is 4. The molecule has 1 amide bonds. The van der Waals surface area contributed by atoms with Crippen LogP contribution < -0.4 is 5.32 Å². The highest BCUT2D eigenvalue weighted by atomic mass is 16.6. The first kappa shape index (κ1) is 23.7. The highest BCUT2D eigenvalue weighted by Gasteiger charge is 2.69. The lowest BCUT2D eigenvalue weighted by Gasteiger charge is -2.37. The molecule has 0 aromatic heterocycles. The van der Waals surface area contributed by atoms with Crippen molar-refractivity contribution in [3.8, 4) is 0 Å². The Morgan fingerprint density at radius 1 is 1.00 bits per heavy atom. The van der Waals surface area contributed by atoms with Crippen molar-refractivity contribution < 1.29 is 14.5 Å². The van der Waals surface area contributed by atoms with Gasteiger partial charge in [-0.3, -0.25) is 24.6 Å². The van der Waals surface area contributed by atoms with E-state index in [1.807, 2.05) is 67.6 Å².